The highest BCUT2D eigenvalue weighted by atomic mass is 16.4. The van der Waals surface area contributed by atoms with Crippen molar-refractivity contribution in [3.8, 4) is 0 Å². The van der Waals surface area contributed by atoms with Gasteiger partial charge in [0.2, 0.25) is 6.17 Å². The average molecular weight is 182 g/mol. The molecule has 0 aliphatic rings. The minimum Gasteiger partial charge on any atom is -0.478 e. The molecule has 1 atom stereocenters. The maximum absolute atomic E-state index is 10.7. The van der Waals surface area contributed by atoms with Crippen LogP contribution in [0, 0.1) is 5.41 Å². The van der Waals surface area contributed by atoms with Crippen molar-refractivity contribution in [1.29, 1.82) is 5.41 Å². The van der Waals surface area contributed by atoms with E-state index in [4.69, 9.17) is 16.2 Å². The molecule has 0 bridgehead atoms. The summed E-state index contributed by atoms with van der Waals surface area (Å²) in [6.45, 7) is 0. The molecule has 70 valence electrons. The van der Waals surface area contributed by atoms with Crippen molar-refractivity contribution in [2.75, 3.05) is 0 Å². The Morgan fingerprint density at radius 3 is 2.46 bits per heavy atom. The first-order valence-electron chi connectivity index (χ1n) is 3.57. The summed E-state index contributed by atoms with van der Waals surface area (Å²) in [6, 6.07) is 3.38. The van der Waals surface area contributed by atoms with Gasteiger partial charge in [-0.05, 0) is 12.1 Å². The van der Waals surface area contributed by atoms with E-state index in [0.29, 0.717) is 0 Å². The third-order valence-corrected chi connectivity index (χ3v) is 1.45. The number of nitrogens with two attached hydrogens (primary N) is 1. The lowest BCUT2D eigenvalue weighted by Crippen LogP contribution is -2.40. The van der Waals surface area contributed by atoms with Gasteiger partial charge < -0.3 is 20.7 Å². The maximum Gasteiger partial charge on any atom is 0.347 e. The van der Waals surface area contributed by atoms with Crippen molar-refractivity contribution in [1.82, 2.24) is 9.88 Å². The number of nitrogens with one attached hydrogen (secondary N) is 2. The SMILES string of the molecule is N=C(N)NC(C(=O)O)n1cccc1. The molecule has 0 amide bonds. The van der Waals surface area contributed by atoms with E-state index in [-0.39, 0.29) is 5.96 Å². The van der Waals surface area contributed by atoms with Crippen molar-refractivity contribution < 1.29 is 9.90 Å². The smallest absolute Gasteiger partial charge is 0.347 e. The summed E-state index contributed by atoms with van der Waals surface area (Å²) in [7, 11) is 0. The molecule has 5 N–H and O–H groups in total. The van der Waals surface area contributed by atoms with Gasteiger partial charge in [-0.15, -0.1) is 0 Å². The van der Waals surface area contributed by atoms with Crippen molar-refractivity contribution in [3.05, 3.63) is 24.5 Å². The lowest BCUT2D eigenvalue weighted by Gasteiger charge is -2.15. The van der Waals surface area contributed by atoms with Crippen molar-refractivity contribution >= 4 is 11.9 Å². The van der Waals surface area contributed by atoms with Crippen LogP contribution in [0.5, 0.6) is 0 Å². The van der Waals surface area contributed by atoms with E-state index < -0.39 is 12.1 Å². The molecule has 0 saturated carbocycles. The normalized spacial score (nSPS) is 12.0. The zero-order valence-electron chi connectivity index (χ0n) is 6.77. The molecule has 0 radical (unpaired) electrons. The van der Waals surface area contributed by atoms with Crippen LogP contribution < -0.4 is 11.1 Å². The van der Waals surface area contributed by atoms with E-state index in [1.165, 1.54) is 4.57 Å². The minimum absolute atomic E-state index is 0.374. The van der Waals surface area contributed by atoms with Crippen LogP contribution in [0.2, 0.25) is 0 Å². The van der Waals surface area contributed by atoms with Gasteiger partial charge in [0.15, 0.2) is 5.96 Å². The molecule has 13 heavy (non-hydrogen) atoms. The third kappa shape index (κ3) is 2.22. The predicted molar refractivity (Wildman–Crippen MR) is 46.2 cm³/mol. The lowest BCUT2D eigenvalue weighted by molar-refractivity contribution is -0.141. The fraction of sp³-hybridized carbons (Fsp3) is 0.143. The molecule has 0 spiro atoms. The Morgan fingerprint density at radius 1 is 1.54 bits per heavy atom. The van der Waals surface area contributed by atoms with Gasteiger partial charge in [-0.25, -0.2) is 4.79 Å². The van der Waals surface area contributed by atoms with Crippen molar-refractivity contribution in [3.63, 3.8) is 0 Å². The lowest BCUT2D eigenvalue weighted by atomic mass is 10.5. The number of guanidine groups is 1. The molecule has 1 aromatic rings. The van der Waals surface area contributed by atoms with Gasteiger partial charge in [-0.1, -0.05) is 0 Å². The van der Waals surface area contributed by atoms with Crippen LogP contribution in [-0.2, 0) is 4.79 Å². The molecule has 0 aliphatic carbocycles. The van der Waals surface area contributed by atoms with E-state index in [0.717, 1.165) is 0 Å². The fourth-order valence-electron chi connectivity index (χ4n) is 0.931. The van der Waals surface area contributed by atoms with Gasteiger partial charge in [0.25, 0.3) is 0 Å². The number of carboxylic acids is 1. The second kappa shape index (κ2) is 3.61. The Bertz CT molecular complexity index is 306. The number of hydrogen-bond donors (Lipinski definition) is 4. The van der Waals surface area contributed by atoms with Crippen molar-refractivity contribution in [2.24, 2.45) is 5.73 Å². The number of carbonyl (C=O) groups is 1. The highest BCUT2D eigenvalue weighted by Crippen LogP contribution is 2.02. The minimum atomic E-state index is -1.09. The summed E-state index contributed by atoms with van der Waals surface area (Å²) < 4.78 is 1.41. The van der Waals surface area contributed by atoms with Crippen LogP contribution in [0.15, 0.2) is 24.5 Å². The van der Waals surface area contributed by atoms with Crippen molar-refractivity contribution in [2.45, 2.75) is 6.17 Å². The standard InChI is InChI=1S/C7H10N4O2/c8-7(9)10-5(6(12)13)11-3-1-2-4-11/h1-5H,(H,12,13)(H4,8,9,10). The van der Waals surface area contributed by atoms with Gasteiger partial charge in [0.05, 0.1) is 0 Å². The first-order valence-corrected chi connectivity index (χ1v) is 3.57. The van der Waals surface area contributed by atoms with Gasteiger partial charge >= 0.3 is 5.97 Å². The first-order chi connectivity index (χ1) is 6.11. The van der Waals surface area contributed by atoms with E-state index >= 15 is 0 Å². The van der Waals surface area contributed by atoms with Gasteiger partial charge in [-0.2, -0.15) is 0 Å². The summed E-state index contributed by atoms with van der Waals surface area (Å²) >= 11 is 0. The molecule has 1 heterocycles. The van der Waals surface area contributed by atoms with Crippen LogP contribution in [-0.4, -0.2) is 21.6 Å². The highest BCUT2D eigenvalue weighted by Gasteiger charge is 2.17. The Morgan fingerprint density at radius 2 is 2.08 bits per heavy atom. The van der Waals surface area contributed by atoms with E-state index in [9.17, 15) is 4.79 Å². The fourth-order valence-corrected chi connectivity index (χ4v) is 0.931. The number of rotatable bonds is 3. The monoisotopic (exact) mass is 182 g/mol. The number of hydrogen-bond acceptors (Lipinski definition) is 2. The second-order valence-electron chi connectivity index (χ2n) is 2.43. The van der Waals surface area contributed by atoms with E-state index in [1.54, 1.807) is 24.5 Å². The summed E-state index contributed by atoms with van der Waals surface area (Å²) in [5.74, 6) is -1.47. The molecule has 0 aliphatic heterocycles. The third-order valence-electron chi connectivity index (χ3n) is 1.45. The van der Waals surface area contributed by atoms with Gasteiger partial charge in [-0.3, -0.25) is 5.41 Å². The molecule has 0 fully saturated rings. The summed E-state index contributed by atoms with van der Waals surface area (Å²) in [6.07, 6.45) is 2.14. The Hall–Kier alpha value is -1.98. The van der Waals surface area contributed by atoms with Gasteiger partial charge in [0, 0.05) is 12.4 Å². The molecule has 6 heteroatoms. The van der Waals surface area contributed by atoms with Crippen LogP contribution >= 0.6 is 0 Å². The number of nitrogens with zero attached hydrogens (tertiary/aromatic N) is 1. The Kier molecular flexibility index (Phi) is 2.53. The molecular weight excluding hydrogens is 172 g/mol. The van der Waals surface area contributed by atoms with Crippen LogP contribution in [0.3, 0.4) is 0 Å². The quantitative estimate of drug-likeness (QED) is 0.375. The highest BCUT2D eigenvalue weighted by molar-refractivity contribution is 5.81. The summed E-state index contributed by atoms with van der Waals surface area (Å²) in [4.78, 5) is 10.7. The van der Waals surface area contributed by atoms with Crippen LogP contribution in [0.1, 0.15) is 6.17 Å². The number of carboxylic acid groups (broad SMARTS) is 1. The topological polar surface area (TPSA) is 104 Å². The number of aromatic nitrogens is 1. The summed E-state index contributed by atoms with van der Waals surface area (Å²) in [5.41, 5.74) is 5.03. The number of aliphatic carboxylic acids is 1. The van der Waals surface area contributed by atoms with E-state index in [2.05, 4.69) is 5.32 Å². The molecule has 1 aromatic heterocycles. The average Bonchev–Trinajstić information content (AvgIpc) is 2.50. The van der Waals surface area contributed by atoms with Crippen LogP contribution in [0.4, 0.5) is 0 Å². The second-order valence-corrected chi connectivity index (χ2v) is 2.43. The predicted octanol–water partition coefficient (Wildman–Crippen LogP) is -0.446. The molecule has 0 saturated heterocycles. The van der Waals surface area contributed by atoms with E-state index in [1.807, 2.05) is 0 Å². The zero-order valence-corrected chi connectivity index (χ0v) is 6.77. The summed E-state index contributed by atoms with van der Waals surface area (Å²) in [5, 5.41) is 18.0. The first kappa shape index (κ1) is 9.11. The molecule has 1 rings (SSSR count). The maximum atomic E-state index is 10.7. The molecule has 6 nitrogen and oxygen atoms in total. The largest absolute Gasteiger partial charge is 0.478 e. The molecule has 1 unspecified atom stereocenters. The molecular formula is C7H10N4O2. The van der Waals surface area contributed by atoms with Crippen LogP contribution in [0.25, 0.3) is 0 Å². The Balaban J connectivity index is 2.81. The molecule has 0 aromatic carbocycles. The zero-order chi connectivity index (χ0) is 9.84. The van der Waals surface area contributed by atoms with Gasteiger partial charge in [0.1, 0.15) is 0 Å². The Labute approximate surface area is 74.5 Å².